The quantitative estimate of drug-likeness (QED) is 0.493. The highest BCUT2D eigenvalue weighted by molar-refractivity contribution is 6.32. The van der Waals surface area contributed by atoms with Crippen molar-refractivity contribution in [1.29, 1.82) is 0 Å². The third-order valence-corrected chi connectivity index (χ3v) is 4.71. The predicted octanol–water partition coefficient (Wildman–Crippen LogP) is 6.19. The summed E-state index contributed by atoms with van der Waals surface area (Å²) in [6.07, 6.45) is 1.65. The molecule has 134 valence electrons. The van der Waals surface area contributed by atoms with Crippen LogP contribution in [0, 0.1) is 0 Å². The fraction of sp³-hybridized carbons (Fsp3) is 0.0455. The van der Waals surface area contributed by atoms with Crippen molar-refractivity contribution in [3.63, 3.8) is 0 Å². The Balaban J connectivity index is 1.53. The summed E-state index contributed by atoms with van der Waals surface area (Å²) >= 11 is 12.1. The Kier molecular flexibility index (Phi) is 4.88. The van der Waals surface area contributed by atoms with Crippen LogP contribution in [0.5, 0.6) is 11.5 Å². The van der Waals surface area contributed by atoms with Gasteiger partial charge in [0.1, 0.15) is 18.1 Å². The van der Waals surface area contributed by atoms with Crippen molar-refractivity contribution in [2.24, 2.45) is 0 Å². The smallest absolute Gasteiger partial charge is 0.231 e. The van der Waals surface area contributed by atoms with E-state index in [0.29, 0.717) is 33.7 Å². The van der Waals surface area contributed by atoms with Crippen molar-refractivity contribution < 1.29 is 14.3 Å². The van der Waals surface area contributed by atoms with Crippen LogP contribution in [0.15, 0.2) is 72.5 Å². The molecule has 0 aromatic heterocycles. The molecular formula is C22H14Cl2O3. The van der Waals surface area contributed by atoms with Crippen LogP contribution in [0.2, 0.25) is 10.0 Å². The first-order valence-corrected chi connectivity index (χ1v) is 9.06. The third kappa shape index (κ3) is 3.85. The normalized spacial score (nSPS) is 14.1. The van der Waals surface area contributed by atoms with Gasteiger partial charge in [0.2, 0.25) is 5.78 Å². The lowest BCUT2D eigenvalue weighted by Gasteiger charge is -2.07. The van der Waals surface area contributed by atoms with Crippen LogP contribution in [-0.4, -0.2) is 5.78 Å². The molecule has 0 amide bonds. The van der Waals surface area contributed by atoms with Crippen LogP contribution < -0.4 is 9.47 Å². The molecule has 0 fully saturated rings. The summed E-state index contributed by atoms with van der Waals surface area (Å²) in [5, 5.41) is 1.22. The number of hydrogen-bond donors (Lipinski definition) is 0. The number of benzene rings is 3. The molecule has 0 atom stereocenters. The lowest BCUT2D eigenvalue weighted by molar-refractivity contribution is 0.101. The van der Waals surface area contributed by atoms with Crippen molar-refractivity contribution >= 4 is 35.1 Å². The van der Waals surface area contributed by atoms with Crippen molar-refractivity contribution in [2.45, 2.75) is 6.61 Å². The van der Waals surface area contributed by atoms with Gasteiger partial charge in [-0.2, -0.15) is 0 Å². The van der Waals surface area contributed by atoms with E-state index in [1.165, 1.54) is 0 Å². The highest BCUT2D eigenvalue weighted by atomic mass is 35.5. The summed E-state index contributed by atoms with van der Waals surface area (Å²) in [6.45, 7) is 0.371. The second kappa shape index (κ2) is 7.47. The van der Waals surface area contributed by atoms with Gasteiger partial charge in [-0.05, 0) is 47.5 Å². The van der Waals surface area contributed by atoms with E-state index < -0.39 is 0 Å². The van der Waals surface area contributed by atoms with E-state index in [4.69, 9.17) is 32.7 Å². The van der Waals surface area contributed by atoms with Crippen LogP contribution in [0.25, 0.3) is 6.08 Å². The van der Waals surface area contributed by atoms with Crippen molar-refractivity contribution in [1.82, 2.24) is 0 Å². The minimum Gasteiger partial charge on any atom is -0.489 e. The molecule has 0 unspecified atom stereocenters. The van der Waals surface area contributed by atoms with E-state index in [1.54, 1.807) is 30.3 Å². The molecule has 1 aliphatic rings. The Morgan fingerprint density at radius 1 is 0.963 bits per heavy atom. The Bertz CT molecular complexity index is 1060. The highest BCUT2D eigenvalue weighted by Gasteiger charge is 2.27. The number of Topliss-reactive ketones (excluding diaryl/α,β-unsaturated/α-hetero) is 1. The minimum absolute atomic E-state index is 0.175. The Morgan fingerprint density at radius 3 is 2.63 bits per heavy atom. The molecule has 0 aliphatic carbocycles. The number of fused-ring (bicyclic) bond motifs is 1. The molecule has 5 heteroatoms. The molecule has 3 nitrogen and oxygen atoms in total. The lowest BCUT2D eigenvalue weighted by Crippen LogP contribution is -1.98. The van der Waals surface area contributed by atoms with Crippen LogP contribution in [0.4, 0.5) is 0 Å². The van der Waals surface area contributed by atoms with Gasteiger partial charge in [0, 0.05) is 16.1 Å². The first kappa shape index (κ1) is 17.7. The molecule has 4 rings (SSSR count). The largest absolute Gasteiger partial charge is 0.489 e. The van der Waals surface area contributed by atoms with E-state index in [2.05, 4.69) is 0 Å². The zero-order valence-corrected chi connectivity index (χ0v) is 15.6. The van der Waals surface area contributed by atoms with Crippen molar-refractivity contribution in [3.8, 4) is 11.5 Å². The highest BCUT2D eigenvalue weighted by Crippen LogP contribution is 2.35. The number of halogens is 2. The Hall–Kier alpha value is -2.75. The predicted molar refractivity (Wildman–Crippen MR) is 107 cm³/mol. The molecule has 0 radical (unpaired) electrons. The monoisotopic (exact) mass is 396 g/mol. The maximum atomic E-state index is 12.5. The molecule has 1 heterocycles. The second-order valence-electron chi connectivity index (χ2n) is 6.04. The number of rotatable bonds is 4. The van der Waals surface area contributed by atoms with Crippen LogP contribution in [-0.2, 0) is 6.61 Å². The first-order valence-electron chi connectivity index (χ1n) is 8.30. The van der Waals surface area contributed by atoms with Gasteiger partial charge < -0.3 is 9.47 Å². The Morgan fingerprint density at radius 2 is 1.81 bits per heavy atom. The molecule has 0 saturated heterocycles. The van der Waals surface area contributed by atoms with E-state index in [9.17, 15) is 4.79 Å². The summed E-state index contributed by atoms with van der Waals surface area (Å²) < 4.78 is 11.5. The number of ether oxygens (including phenoxy) is 2. The van der Waals surface area contributed by atoms with Crippen molar-refractivity contribution in [2.75, 3.05) is 0 Å². The van der Waals surface area contributed by atoms with Gasteiger partial charge in [-0.25, -0.2) is 0 Å². The lowest BCUT2D eigenvalue weighted by atomic mass is 10.1. The zero-order chi connectivity index (χ0) is 18.8. The number of carbonyl (C=O) groups is 1. The molecule has 0 spiro atoms. The molecule has 3 aromatic carbocycles. The molecule has 0 N–H and O–H groups in total. The molecule has 0 saturated carbocycles. The van der Waals surface area contributed by atoms with Gasteiger partial charge in [0.15, 0.2) is 5.76 Å². The maximum Gasteiger partial charge on any atom is 0.231 e. The van der Waals surface area contributed by atoms with Crippen molar-refractivity contribution in [3.05, 3.63) is 99.2 Å². The molecule has 3 aromatic rings. The third-order valence-electron chi connectivity index (χ3n) is 4.13. The van der Waals surface area contributed by atoms with Gasteiger partial charge in [0.25, 0.3) is 0 Å². The summed E-state index contributed by atoms with van der Waals surface area (Å²) in [5.74, 6) is 1.15. The second-order valence-corrected chi connectivity index (χ2v) is 6.88. The number of carbonyl (C=O) groups excluding carboxylic acids is 1. The number of allylic oxidation sites excluding steroid dienone is 1. The molecule has 1 aliphatic heterocycles. The van der Waals surface area contributed by atoms with Gasteiger partial charge in [0.05, 0.1) is 5.56 Å². The SMILES string of the molecule is O=C1C(=Cc2ccccc2Cl)Oc2cc(OCc3cccc(Cl)c3)ccc21. The molecule has 0 bridgehead atoms. The van der Waals surface area contributed by atoms with Gasteiger partial charge >= 0.3 is 0 Å². The van der Waals surface area contributed by atoms with Crippen LogP contribution in [0.3, 0.4) is 0 Å². The van der Waals surface area contributed by atoms with Gasteiger partial charge in [-0.3, -0.25) is 4.79 Å². The van der Waals surface area contributed by atoms with E-state index in [-0.39, 0.29) is 11.5 Å². The van der Waals surface area contributed by atoms with E-state index in [1.807, 2.05) is 42.5 Å². The molecule has 27 heavy (non-hydrogen) atoms. The average molecular weight is 397 g/mol. The minimum atomic E-state index is -0.175. The fourth-order valence-corrected chi connectivity index (χ4v) is 3.19. The number of hydrogen-bond acceptors (Lipinski definition) is 3. The zero-order valence-electron chi connectivity index (χ0n) is 14.1. The summed E-state index contributed by atoms with van der Waals surface area (Å²) in [5.41, 5.74) is 2.19. The summed E-state index contributed by atoms with van der Waals surface area (Å²) in [4.78, 5) is 12.5. The van der Waals surface area contributed by atoms with Gasteiger partial charge in [-0.1, -0.05) is 53.5 Å². The fourth-order valence-electron chi connectivity index (χ4n) is 2.78. The first-order chi connectivity index (χ1) is 13.1. The van der Waals surface area contributed by atoms with Gasteiger partial charge in [-0.15, -0.1) is 0 Å². The molecular weight excluding hydrogens is 383 g/mol. The summed E-state index contributed by atoms with van der Waals surface area (Å²) in [7, 11) is 0. The van der Waals surface area contributed by atoms with Crippen LogP contribution in [0.1, 0.15) is 21.5 Å². The number of ketones is 1. The van der Waals surface area contributed by atoms with E-state index in [0.717, 1.165) is 11.1 Å². The Labute approximate surface area is 166 Å². The standard InChI is InChI=1S/C22H14Cl2O3/c23-16-6-3-4-14(10-16)13-26-17-8-9-18-20(12-17)27-21(22(18)25)11-15-5-1-2-7-19(15)24/h1-12H,13H2. The van der Waals surface area contributed by atoms with Crippen LogP contribution >= 0.6 is 23.2 Å². The van der Waals surface area contributed by atoms with E-state index >= 15 is 0 Å². The maximum absolute atomic E-state index is 12.5. The average Bonchev–Trinajstić information content (AvgIpc) is 2.97. The summed E-state index contributed by atoms with van der Waals surface area (Å²) in [6, 6.07) is 19.9. The topological polar surface area (TPSA) is 35.5 Å².